The van der Waals surface area contributed by atoms with E-state index in [9.17, 15) is 13.2 Å². The van der Waals surface area contributed by atoms with E-state index in [2.05, 4.69) is 5.32 Å². The molecule has 0 aromatic heterocycles. The summed E-state index contributed by atoms with van der Waals surface area (Å²) in [6.45, 7) is 2.48. The standard InChI is InChI=1S/C14H16ClF3N2O2.ClH/c15-10-6-13-12(21-8-22-13)5-9(10)11(7-14(16,17)18)20-3-1-19-2-4-20;/h5-6,11,19H,1-4,7-8H2;1H/t11-;/m0./s1. The van der Waals surface area contributed by atoms with Gasteiger partial charge in [0.25, 0.3) is 0 Å². The second kappa shape index (κ2) is 7.34. The fraction of sp³-hybridized carbons (Fsp3) is 0.571. The average Bonchev–Trinajstić information content (AvgIpc) is 2.91. The van der Waals surface area contributed by atoms with Crippen molar-refractivity contribution in [3.05, 3.63) is 22.7 Å². The molecule has 0 unspecified atom stereocenters. The van der Waals surface area contributed by atoms with Gasteiger partial charge in [-0.05, 0) is 11.6 Å². The lowest BCUT2D eigenvalue weighted by Gasteiger charge is -2.36. The maximum atomic E-state index is 13.0. The summed E-state index contributed by atoms with van der Waals surface area (Å²) in [7, 11) is 0. The molecule has 2 heterocycles. The Kier molecular flexibility index (Phi) is 5.89. The van der Waals surface area contributed by atoms with Crippen LogP contribution in [0.15, 0.2) is 12.1 Å². The number of benzene rings is 1. The Morgan fingerprint density at radius 1 is 1.17 bits per heavy atom. The topological polar surface area (TPSA) is 33.7 Å². The van der Waals surface area contributed by atoms with Crippen LogP contribution in [0.25, 0.3) is 0 Å². The summed E-state index contributed by atoms with van der Waals surface area (Å²) >= 11 is 6.21. The molecule has 1 aromatic carbocycles. The Bertz CT molecular complexity index is 552. The number of nitrogens with zero attached hydrogens (tertiary/aromatic N) is 1. The van der Waals surface area contributed by atoms with Gasteiger partial charge >= 0.3 is 6.18 Å². The first kappa shape index (κ1) is 18.4. The first-order chi connectivity index (χ1) is 10.4. The highest BCUT2D eigenvalue weighted by atomic mass is 35.5. The third-order valence-electron chi connectivity index (χ3n) is 3.87. The minimum Gasteiger partial charge on any atom is -0.454 e. The van der Waals surface area contributed by atoms with Crippen molar-refractivity contribution in [1.29, 1.82) is 0 Å². The smallest absolute Gasteiger partial charge is 0.390 e. The molecule has 4 nitrogen and oxygen atoms in total. The number of fused-ring (bicyclic) bond motifs is 1. The summed E-state index contributed by atoms with van der Waals surface area (Å²) in [5.74, 6) is 0.918. The summed E-state index contributed by atoms with van der Waals surface area (Å²) in [5.41, 5.74) is 0.435. The second-order valence-corrected chi connectivity index (χ2v) is 5.76. The van der Waals surface area contributed by atoms with Crippen LogP contribution in [0.4, 0.5) is 13.2 Å². The highest BCUT2D eigenvalue weighted by Gasteiger charge is 2.37. The lowest BCUT2D eigenvalue weighted by Crippen LogP contribution is -2.46. The number of ether oxygens (including phenoxy) is 2. The summed E-state index contributed by atoms with van der Waals surface area (Å²) in [6, 6.07) is 2.29. The molecule has 1 aromatic rings. The largest absolute Gasteiger partial charge is 0.454 e. The van der Waals surface area contributed by atoms with Gasteiger partial charge in [0.15, 0.2) is 11.5 Å². The van der Waals surface area contributed by atoms with Crippen molar-refractivity contribution in [3.63, 3.8) is 0 Å². The van der Waals surface area contributed by atoms with Crippen LogP contribution >= 0.6 is 24.0 Å². The molecule has 3 rings (SSSR count). The molecular formula is C14H17Cl2F3N2O2. The molecule has 2 aliphatic rings. The van der Waals surface area contributed by atoms with Gasteiger partial charge < -0.3 is 14.8 Å². The quantitative estimate of drug-likeness (QED) is 0.881. The number of hydrogen-bond donors (Lipinski definition) is 1. The molecule has 0 radical (unpaired) electrons. The minimum atomic E-state index is -4.27. The fourth-order valence-electron chi connectivity index (χ4n) is 2.84. The highest BCUT2D eigenvalue weighted by Crippen LogP contribution is 2.43. The Morgan fingerprint density at radius 3 is 2.39 bits per heavy atom. The maximum Gasteiger partial charge on any atom is 0.390 e. The lowest BCUT2D eigenvalue weighted by molar-refractivity contribution is -0.148. The van der Waals surface area contributed by atoms with Gasteiger partial charge in [-0.3, -0.25) is 4.90 Å². The van der Waals surface area contributed by atoms with Gasteiger partial charge in [-0.1, -0.05) is 11.6 Å². The fourth-order valence-corrected chi connectivity index (χ4v) is 3.12. The van der Waals surface area contributed by atoms with Crippen molar-refractivity contribution in [2.45, 2.75) is 18.6 Å². The van der Waals surface area contributed by atoms with Crippen molar-refractivity contribution in [3.8, 4) is 11.5 Å². The van der Waals surface area contributed by atoms with Gasteiger partial charge in [0.05, 0.1) is 6.42 Å². The number of halogens is 5. The summed E-state index contributed by atoms with van der Waals surface area (Å²) in [5, 5.41) is 3.41. The molecule has 0 bridgehead atoms. The molecule has 130 valence electrons. The van der Waals surface area contributed by atoms with Gasteiger partial charge in [0.1, 0.15) is 0 Å². The van der Waals surface area contributed by atoms with Gasteiger partial charge in [0, 0.05) is 43.3 Å². The molecule has 23 heavy (non-hydrogen) atoms. The number of piperazine rings is 1. The third kappa shape index (κ3) is 4.35. The molecule has 1 atom stereocenters. The number of rotatable bonds is 3. The SMILES string of the molecule is Cl.FC(F)(F)C[C@@H](c1cc2c(cc1Cl)OCO2)N1CCNCC1. The van der Waals surface area contributed by atoms with Gasteiger partial charge in [0.2, 0.25) is 6.79 Å². The van der Waals surface area contributed by atoms with Crippen molar-refractivity contribution in [1.82, 2.24) is 10.2 Å². The molecule has 0 amide bonds. The molecule has 9 heteroatoms. The van der Waals surface area contributed by atoms with Crippen molar-refractivity contribution >= 4 is 24.0 Å². The number of hydrogen-bond acceptors (Lipinski definition) is 4. The predicted molar refractivity (Wildman–Crippen MR) is 82.7 cm³/mol. The van der Waals surface area contributed by atoms with E-state index < -0.39 is 18.6 Å². The zero-order valence-corrected chi connectivity index (χ0v) is 13.7. The molecule has 1 saturated heterocycles. The zero-order chi connectivity index (χ0) is 15.7. The van der Waals surface area contributed by atoms with Crippen LogP contribution in [-0.2, 0) is 0 Å². The van der Waals surface area contributed by atoms with E-state index in [4.69, 9.17) is 21.1 Å². The van der Waals surface area contributed by atoms with Crippen molar-refractivity contribution in [2.24, 2.45) is 0 Å². The Morgan fingerprint density at radius 2 is 1.78 bits per heavy atom. The van der Waals surface area contributed by atoms with E-state index in [1.807, 2.05) is 4.90 Å². The first-order valence-electron chi connectivity index (χ1n) is 7.04. The molecule has 0 spiro atoms. The molecular weight excluding hydrogens is 356 g/mol. The molecule has 1 N–H and O–H groups in total. The summed E-state index contributed by atoms with van der Waals surface area (Å²) in [4.78, 5) is 1.81. The maximum absolute atomic E-state index is 13.0. The van der Waals surface area contributed by atoms with Crippen LogP contribution in [0.2, 0.25) is 5.02 Å². The molecule has 2 aliphatic heterocycles. The second-order valence-electron chi connectivity index (χ2n) is 5.35. The molecule has 1 fully saturated rings. The van der Waals surface area contributed by atoms with Crippen LogP contribution in [0.5, 0.6) is 11.5 Å². The van der Waals surface area contributed by atoms with E-state index in [1.165, 1.54) is 6.07 Å². The average molecular weight is 373 g/mol. The van der Waals surface area contributed by atoms with E-state index in [1.54, 1.807) is 6.07 Å². The summed E-state index contributed by atoms with van der Waals surface area (Å²) in [6.07, 6.45) is -5.21. The number of alkyl halides is 3. The predicted octanol–water partition coefficient (Wildman–Crippen LogP) is 3.39. The molecule has 0 saturated carbocycles. The van der Waals surface area contributed by atoms with Crippen LogP contribution < -0.4 is 14.8 Å². The molecule has 0 aliphatic carbocycles. The van der Waals surface area contributed by atoms with Crippen LogP contribution in [0, 0.1) is 0 Å². The monoisotopic (exact) mass is 372 g/mol. The Balaban J connectivity index is 0.00000192. The summed E-state index contributed by atoms with van der Waals surface area (Å²) < 4.78 is 49.5. The van der Waals surface area contributed by atoms with Gasteiger partial charge in [-0.25, -0.2) is 0 Å². The Labute approximate surface area is 143 Å². The van der Waals surface area contributed by atoms with E-state index in [0.717, 1.165) is 0 Å². The van der Waals surface area contributed by atoms with Crippen molar-refractivity contribution in [2.75, 3.05) is 33.0 Å². The Hall–Kier alpha value is -0.890. The number of nitrogens with one attached hydrogen (secondary N) is 1. The van der Waals surface area contributed by atoms with Crippen molar-refractivity contribution < 1.29 is 22.6 Å². The van der Waals surface area contributed by atoms with E-state index >= 15 is 0 Å². The third-order valence-corrected chi connectivity index (χ3v) is 4.20. The van der Waals surface area contributed by atoms with Crippen LogP contribution in [0.3, 0.4) is 0 Å². The normalized spacial score (nSPS) is 19.3. The first-order valence-corrected chi connectivity index (χ1v) is 7.42. The van der Waals surface area contributed by atoms with Gasteiger partial charge in [-0.15, -0.1) is 12.4 Å². The zero-order valence-electron chi connectivity index (χ0n) is 12.2. The van der Waals surface area contributed by atoms with Gasteiger partial charge in [-0.2, -0.15) is 13.2 Å². The van der Waals surface area contributed by atoms with Crippen LogP contribution in [0.1, 0.15) is 18.0 Å². The van der Waals surface area contributed by atoms with Crippen LogP contribution in [-0.4, -0.2) is 44.0 Å². The minimum absolute atomic E-state index is 0. The van der Waals surface area contributed by atoms with E-state index in [0.29, 0.717) is 43.2 Å². The lowest BCUT2D eigenvalue weighted by atomic mass is 10.00. The van der Waals surface area contributed by atoms with E-state index in [-0.39, 0.29) is 24.2 Å². The highest BCUT2D eigenvalue weighted by molar-refractivity contribution is 6.31.